The normalized spacial score (nSPS) is 14.2. The largest absolute Gasteiger partial charge is 0.468 e. The van der Waals surface area contributed by atoms with E-state index in [1.54, 1.807) is 47.6 Å². The summed E-state index contributed by atoms with van der Waals surface area (Å²) in [6.45, 7) is 14.1. The number of carbonyl (C=O) groups is 4. The van der Waals surface area contributed by atoms with E-state index in [4.69, 9.17) is 24.7 Å². The van der Waals surface area contributed by atoms with Gasteiger partial charge < -0.3 is 24.7 Å². The molecule has 37 heavy (non-hydrogen) atoms. The van der Waals surface area contributed by atoms with Crippen molar-refractivity contribution in [2.24, 2.45) is 22.5 Å². The summed E-state index contributed by atoms with van der Waals surface area (Å²) in [5.74, 6) is -1.78. The van der Waals surface area contributed by atoms with Gasteiger partial charge in [0, 0.05) is 19.3 Å². The van der Waals surface area contributed by atoms with Gasteiger partial charge >= 0.3 is 23.9 Å². The first kappa shape index (κ1) is 32.1. The topological polar surface area (TPSA) is 131 Å². The quantitative estimate of drug-likeness (QED) is 0.333. The highest BCUT2D eigenvalue weighted by molar-refractivity contribution is 5.82. The van der Waals surface area contributed by atoms with Gasteiger partial charge in [0.2, 0.25) is 0 Å². The van der Waals surface area contributed by atoms with E-state index in [-0.39, 0.29) is 49.3 Å². The third-order valence-electron chi connectivity index (χ3n) is 5.77. The molecule has 0 aromatic heterocycles. The molecule has 1 aromatic rings. The van der Waals surface area contributed by atoms with Crippen LogP contribution in [0.1, 0.15) is 80.2 Å². The van der Waals surface area contributed by atoms with Gasteiger partial charge in [-0.3, -0.25) is 19.2 Å². The maximum atomic E-state index is 12.6. The molecule has 9 nitrogen and oxygen atoms in total. The second-order valence-electron chi connectivity index (χ2n) is 11.6. The van der Waals surface area contributed by atoms with E-state index < -0.39 is 34.3 Å². The number of rotatable bonds is 11. The van der Waals surface area contributed by atoms with Gasteiger partial charge in [0.05, 0.1) is 24.5 Å². The van der Waals surface area contributed by atoms with E-state index in [1.165, 1.54) is 19.2 Å². The zero-order valence-corrected chi connectivity index (χ0v) is 23.7. The van der Waals surface area contributed by atoms with Crippen molar-refractivity contribution in [1.29, 1.82) is 0 Å². The van der Waals surface area contributed by atoms with Crippen molar-refractivity contribution in [3.8, 4) is 11.5 Å². The van der Waals surface area contributed by atoms with Crippen LogP contribution in [0.4, 0.5) is 0 Å². The predicted molar refractivity (Wildman–Crippen MR) is 139 cm³/mol. The van der Waals surface area contributed by atoms with Crippen molar-refractivity contribution < 1.29 is 38.1 Å². The lowest BCUT2D eigenvalue weighted by Gasteiger charge is -2.27. The molecule has 0 fully saturated rings. The summed E-state index contributed by atoms with van der Waals surface area (Å²) in [5, 5.41) is 0. The first-order valence-electron chi connectivity index (χ1n) is 12.5. The molecular formula is C28H43NO8. The Bertz CT molecular complexity index is 973. The highest BCUT2D eigenvalue weighted by Gasteiger charge is 2.36. The van der Waals surface area contributed by atoms with Crippen molar-refractivity contribution in [3.05, 3.63) is 23.8 Å². The lowest BCUT2D eigenvalue weighted by Crippen LogP contribution is -2.51. The van der Waals surface area contributed by atoms with Crippen LogP contribution < -0.4 is 15.2 Å². The fourth-order valence-corrected chi connectivity index (χ4v) is 3.00. The van der Waals surface area contributed by atoms with E-state index in [1.807, 2.05) is 13.8 Å². The van der Waals surface area contributed by atoms with Crippen LogP contribution in [0.15, 0.2) is 18.2 Å². The van der Waals surface area contributed by atoms with Crippen LogP contribution in [0.25, 0.3) is 0 Å². The van der Waals surface area contributed by atoms with Crippen molar-refractivity contribution in [3.63, 3.8) is 0 Å². The molecule has 0 saturated carbocycles. The fraction of sp³-hybridized carbons (Fsp3) is 0.643. The summed E-state index contributed by atoms with van der Waals surface area (Å²) in [5.41, 5.74) is 3.86. The van der Waals surface area contributed by atoms with Gasteiger partial charge in [0.15, 0.2) is 11.5 Å². The van der Waals surface area contributed by atoms with Gasteiger partial charge in [-0.15, -0.1) is 0 Å². The Balaban J connectivity index is 3.22. The molecule has 0 heterocycles. The van der Waals surface area contributed by atoms with Gasteiger partial charge in [0.25, 0.3) is 0 Å². The Morgan fingerprint density at radius 1 is 0.892 bits per heavy atom. The number of hydrogen-bond acceptors (Lipinski definition) is 9. The Labute approximate surface area is 220 Å². The van der Waals surface area contributed by atoms with E-state index in [0.717, 1.165) is 6.42 Å². The number of ether oxygens (including phenoxy) is 4. The van der Waals surface area contributed by atoms with Gasteiger partial charge in [-0.05, 0) is 65.2 Å². The molecular weight excluding hydrogens is 478 g/mol. The molecule has 1 unspecified atom stereocenters. The van der Waals surface area contributed by atoms with E-state index in [0.29, 0.717) is 5.56 Å². The summed E-state index contributed by atoms with van der Waals surface area (Å²) in [6.07, 6.45) is 1.14. The standard InChI is InChI=1S/C28H43NO8/c1-10-18(2)15-22(30)35-14-13-28(29,25(33)34-9)17-19-11-12-20(36-23(31)26(3,4)5)21(16-19)37-24(32)27(6,7)8/h11-12,16,18H,10,13-15,17,29H2,1-9H3/t18?,28-/m1/s1. The molecule has 0 spiro atoms. The van der Waals surface area contributed by atoms with Crippen LogP contribution in [0.3, 0.4) is 0 Å². The third kappa shape index (κ3) is 10.1. The summed E-state index contributed by atoms with van der Waals surface area (Å²) in [4.78, 5) is 49.8. The summed E-state index contributed by atoms with van der Waals surface area (Å²) in [6, 6.07) is 4.63. The smallest absolute Gasteiger partial charge is 0.326 e. The minimum Gasteiger partial charge on any atom is -0.468 e. The van der Waals surface area contributed by atoms with Crippen LogP contribution in [0, 0.1) is 16.7 Å². The zero-order valence-electron chi connectivity index (χ0n) is 23.7. The fourth-order valence-electron chi connectivity index (χ4n) is 3.00. The highest BCUT2D eigenvalue weighted by atomic mass is 16.6. The second kappa shape index (κ2) is 13.0. The third-order valence-corrected chi connectivity index (χ3v) is 5.77. The van der Waals surface area contributed by atoms with Crippen molar-refractivity contribution >= 4 is 23.9 Å². The van der Waals surface area contributed by atoms with Gasteiger partial charge in [-0.2, -0.15) is 0 Å². The number of benzene rings is 1. The lowest BCUT2D eigenvalue weighted by atomic mass is 9.88. The predicted octanol–water partition coefficient (Wildman–Crippen LogP) is 4.37. The molecule has 0 aliphatic rings. The average molecular weight is 522 g/mol. The van der Waals surface area contributed by atoms with Crippen molar-refractivity contribution in [2.75, 3.05) is 13.7 Å². The first-order valence-corrected chi connectivity index (χ1v) is 12.5. The Hall–Kier alpha value is -2.94. The van der Waals surface area contributed by atoms with Gasteiger partial charge in [-0.25, -0.2) is 0 Å². The maximum Gasteiger partial charge on any atom is 0.326 e. The van der Waals surface area contributed by atoms with Crippen LogP contribution in [-0.4, -0.2) is 43.1 Å². The monoisotopic (exact) mass is 521 g/mol. The van der Waals surface area contributed by atoms with Crippen LogP contribution >= 0.6 is 0 Å². The number of methoxy groups -OCH3 is 1. The molecule has 9 heteroatoms. The average Bonchev–Trinajstić information content (AvgIpc) is 2.78. The number of hydrogen-bond donors (Lipinski definition) is 1. The van der Waals surface area contributed by atoms with Crippen molar-refractivity contribution in [2.45, 2.75) is 86.6 Å². The Kier molecular flexibility index (Phi) is 11.3. The molecule has 0 radical (unpaired) electrons. The maximum absolute atomic E-state index is 12.6. The molecule has 1 rings (SSSR count). The molecule has 0 amide bonds. The molecule has 208 valence electrons. The summed E-state index contributed by atoms with van der Waals surface area (Å²) >= 11 is 0. The van der Waals surface area contributed by atoms with Crippen LogP contribution in [0.2, 0.25) is 0 Å². The highest BCUT2D eigenvalue weighted by Crippen LogP contribution is 2.34. The molecule has 0 saturated heterocycles. The van der Waals surface area contributed by atoms with E-state index >= 15 is 0 Å². The SMILES string of the molecule is CCC(C)CC(=O)OCC[C@@](N)(Cc1ccc(OC(=O)C(C)(C)C)c(OC(=O)C(C)(C)C)c1)C(=O)OC. The minimum absolute atomic E-state index is 0.00382. The molecule has 2 N–H and O–H groups in total. The second-order valence-corrected chi connectivity index (χ2v) is 11.6. The number of esters is 4. The molecule has 0 aliphatic heterocycles. The summed E-state index contributed by atoms with van der Waals surface area (Å²) in [7, 11) is 1.23. The van der Waals surface area contributed by atoms with Crippen LogP contribution in [-0.2, 0) is 35.1 Å². The van der Waals surface area contributed by atoms with Crippen LogP contribution in [0.5, 0.6) is 11.5 Å². The van der Waals surface area contributed by atoms with Gasteiger partial charge in [-0.1, -0.05) is 26.3 Å². The molecule has 0 bridgehead atoms. The number of nitrogens with two attached hydrogens (primary N) is 1. The van der Waals surface area contributed by atoms with Crippen molar-refractivity contribution in [1.82, 2.24) is 0 Å². The molecule has 0 aliphatic carbocycles. The minimum atomic E-state index is -1.51. The lowest BCUT2D eigenvalue weighted by molar-refractivity contribution is -0.151. The van der Waals surface area contributed by atoms with Gasteiger partial charge in [0.1, 0.15) is 5.54 Å². The molecule has 1 aromatic carbocycles. The van der Waals surface area contributed by atoms with E-state index in [9.17, 15) is 19.2 Å². The Morgan fingerprint density at radius 3 is 1.92 bits per heavy atom. The summed E-state index contributed by atoms with van der Waals surface area (Å²) < 4.78 is 21.3. The van der Waals surface area contributed by atoms with E-state index in [2.05, 4.69) is 0 Å². The molecule has 2 atom stereocenters. The first-order chi connectivity index (χ1) is 16.9. The Morgan fingerprint density at radius 2 is 1.43 bits per heavy atom. The zero-order chi connectivity index (χ0) is 28.6. The number of carbonyl (C=O) groups excluding carboxylic acids is 4.